The number of carbonyl (C=O) groups excluding carboxylic acids is 1. The lowest BCUT2D eigenvalue weighted by molar-refractivity contribution is -0.124. The summed E-state index contributed by atoms with van der Waals surface area (Å²) in [5.41, 5.74) is 1.10. The number of nitrogens with zero attached hydrogens (tertiary/aromatic N) is 1. The number of aromatic nitrogens is 1. The van der Waals surface area contributed by atoms with Gasteiger partial charge in [-0.3, -0.25) is 4.79 Å². The number of benzene rings is 1. The first-order chi connectivity index (χ1) is 14.7. The molecule has 2 aromatic rings. The van der Waals surface area contributed by atoms with Crippen molar-refractivity contribution in [1.29, 1.82) is 0 Å². The van der Waals surface area contributed by atoms with Crippen LogP contribution in [0, 0.1) is 0 Å². The van der Waals surface area contributed by atoms with Crippen LogP contribution in [0.2, 0.25) is 0 Å². The van der Waals surface area contributed by atoms with Crippen LogP contribution in [0.3, 0.4) is 0 Å². The molecule has 162 valence electrons. The zero-order valence-electron chi connectivity index (χ0n) is 18.1. The molecule has 1 amide bonds. The van der Waals surface area contributed by atoms with E-state index in [2.05, 4.69) is 46.5 Å². The molecule has 0 unspecified atom stereocenters. The van der Waals surface area contributed by atoms with Gasteiger partial charge in [0, 0.05) is 37.6 Å². The Labute approximate surface area is 179 Å². The highest BCUT2D eigenvalue weighted by Crippen LogP contribution is 2.39. The average Bonchev–Trinajstić information content (AvgIpc) is 3.35. The molecule has 5 nitrogen and oxygen atoms in total. The zero-order valence-corrected chi connectivity index (χ0v) is 18.1. The first-order valence-corrected chi connectivity index (χ1v) is 11.3. The van der Waals surface area contributed by atoms with E-state index < -0.39 is 0 Å². The fourth-order valence-electron chi connectivity index (χ4n) is 5.29. The molecule has 2 heterocycles. The van der Waals surface area contributed by atoms with Crippen LogP contribution in [0.15, 0.2) is 48.8 Å². The number of hydrogen-bond acceptors (Lipinski definition) is 3. The van der Waals surface area contributed by atoms with Gasteiger partial charge in [-0.2, -0.15) is 0 Å². The molecule has 1 N–H and O–H groups in total. The second-order valence-electron chi connectivity index (χ2n) is 8.95. The molecule has 0 bridgehead atoms. The molecule has 1 saturated heterocycles. The van der Waals surface area contributed by atoms with Gasteiger partial charge in [0.15, 0.2) is 0 Å². The maximum atomic E-state index is 13.2. The summed E-state index contributed by atoms with van der Waals surface area (Å²) < 4.78 is 13.2. The van der Waals surface area contributed by atoms with Crippen LogP contribution in [0.5, 0.6) is 5.75 Å². The number of nitrogens with one attached hydrogen (secondary N) is 1. The number of rotatable bonds is 7. The summed E-state index contributed by atoms with van der Waals surface area (Å²) in [7, 11) is 1.69. The van der Waals surface area contributed by atoms with Crippen LogP contribution in [-0.2, 0) is 20.5 Å². The van der Waals surface area contributed by atoms with E-state index in [-0.39, 0.29) is 16.9 Å². The second kappa shape index (κ2) is 9.25. The van der Waals surface area contributed by atoms with Crippen molar-refractivity contribution in [3.05, 3.63) is 54.4 Å². The molecule has 0 radical (unpaired) electrons. The Kier molecular flexibility index (Phi) is 6.47. The van der Waals surface area contributed by atoms with Crippen LogP contribution in [0.1, 0.15) is 56.9 Å². The van der Waals surface area contributed by atoms with Gasteiger partial charge < -0.3 is 19.4 Å². The molecule has 2 aliphatic rings. The molecule has 1 aliphatic heterocycles. The average molecular weight is 411 g/mol. The Balaban J connectivity index is 1.47. The van der Waals surface area contributed by atoms with E-state index in [1.54, 1.807) is 7.11 Å². The van der Waals surface area contributed by atoms with Gasteiger partial charge in [-0.15, -0.1) is 0 Å². The fraction of sp³-hybridized carbons (Fsp3) is 0.560. The number of ether oxygens (including phenoxy) is 2. The van der Waals surface area contributed by atoms with E-state index in [9.17, 15) is 4.79 Å². The first kappa shape index (κ1) is 21.0. The summed E-state index contributed by atoms with van der Waals surface area (Å²) in [5.74, 6) is 1.01. The lowest BCUT2D eigenvalue weighted by Gasteiger charge is -2.40. The lowest BCUT2D eigenvalue weighted by atomic mass is 9.74. The third-order valence-electron chi connectivity index (χ3n) is 7.20. The number of hydrogen-bond donors (Lipinski definition) is 1. The quantitative estimate of drug-likeness (QED) is 0.736. The molecule has 0 atom stereocenters. The Morgan fingerprint density at radius 2 is 1.70 bits per heavy atom. The third kappa shape index (κ3) is 4.41. The van der Waals surface area contributed by atoms with Crippen molar-refractivity contribution in [2.24, 2.45) is 0 Å². The monoisotopic (exact) mass is 410 g/mol. The summed E-state index contributed by atoms with van der Waals surface area (Å²) in [6, 6.07) is 12.4. The van der Waals surface area contributed by atoms with Gasteiger partial charge in [-0.05, 0) is 55.5 Å². The van der Waals surface area contributed by atoms with Crippen molar-refractivity contribution in [2.75, 3.05) is 26.9 Å². The standard InChI is InChI=1S/C25H34N2O3/c1-29-22-9-7-21(8-10-22)24(13-17-30-18-14-24)20-26-23(28)19-25(11-3-2-4-12-25)27-15-5-6-16-27/h5-10,15-16H,2-4,11-14,17-20H2,1H3,(H,26,28). The predicted molar refractivity (Wildman–Crippen MR) is 118 cm³/mol. The minimum absolute atomic E-state index is 0.0746. The van der Waals surface area contributed by atoms with Gasteiger partial charge in [0.25, 0.3) is 0 Å². The fourth-order valence-corrected chi connectivity index (χ4v) is 5.29. The van der Waals surface area contributed by atoms with E-state index >= 15 is 0 Å². The van der Waals surface area contributed by atoms with Crippen LogP contribution in [-0.4, -0.2) is 37.3 Å². The van der Waals surface area contributed by atoms with Crippen molar-refractivity contribution in [1.82, 2.24) is 9.88 Å². The van der Waals surface area contributed by atoms with E-state index in [0.29, 0.717) is 13.0 Å². The number of methoxy groups -OCH3 is 1. The molecule has 30 heavy (non-hydrogen) atoms. The topological polar surface area (TPSA) is 52.5 Å². The summed E-state index contributed by atoms with van der Waals surface area (Å²) in [5, 5.41) is 3.32. The molecule has 1 aromatic heterocycles. The molecule has 1 aromatic carbocycles. The Morgan fingerprint density at radius 1 is 1.03 bits per heavy atom. The normalized spacial score (nSPS) is 20.4. The van der Waals surface area contributed by atoms with E-state index in [1.165, 1.54) is 24.8 Å². The Hall–Kier alpha value is -2.27. The number of carbonyl (C=O) groups is 1. The number of amides is 1. The highest BCUT2D eigenvalue weighted by Gasteiger charge is 2.38. The zero-order chi connectivity index (χ0) is 20.9. The van der Waals surface area contributed by atoms with Crippen molar-refractivity contribution < 1.29 is 14.3 Å². The van der Waals surface area contributed by atoms with Crippen LogP contribution in [0.25, 0.3) is 0 Å². The molecule has 1 saturated carbocycles. The minimum Gasteiger partial charge on any atom is -0.497 e. The summed E-state index contributed by atoms with van der Waals surface area (Å²) in [6.07, 6.45) is 12.4. The van der Waals surface area contributed by atoms with Crippen molar-refractivity contribution in [2.45, 2.75) is 62.3 Å². The lowest BCUT2D eigenvalue weighted by Crippen LogP contribution is -2.47. The van der Waals surface area contributed by atoms with E-state index in [4.69, 9.17) is 9.47 Å². The molecule has 5 heteroatoms. The smallest absolute Gasteiger partial charge is 0.222 e. The van der Waals surface area contributed by atoms with Gasteiger partial charge in [0.2, 0.25) is 5.91 Å². The molecule has 0 spiro atoms. The van der Waals surface area contributed by atoms with Gasteiger partial charge >= 0.3 is 0 Å². The third-order valence-corrected chi connectivity index (χ3v) is 7.20. The Morgan fingerprint density at radius 3 is 2.33 bits per heavy atom. The molecule has 2 fully saturated rings. The van der Waals surface area contributed by atoms with Gasteiger partial charge in [0.1, 0.15) is 5.75 Å². The van der Waals surface area contributed by atoms with Crippen molar-refractivity contribution in [3.8, 4) is 5.75 Å². The molecule has 4 rings (SSSR count). The van der Waals surface area contributed by atoms with Gasteiger partial charge in [-0.1, -0.05) is 31.4 Å². The maximum absolute atomic E-state index is 13.2. The summed E-state index contributed by atoms with van der Waals surface area (Å²) in [4.78, 5) is 13.2. The maximum Gasteiger partial charge on any atom is 0.222 e. The molecular formula is C25H34N2O3. The summed E-state index contributed by atoms with van der Waals surface area (Å²) >= 11 is 0. The van der Waals surface area contributed by atoms with Crippen LogP contribution in [0.4, 0.5) is 0 Å². The largest absolute Gasteiger partial charge is 0.497 e. The highest BCUT2D eigenvalue weighted by molar-refractivity contribution is 5.77. The van der Waals surface area contributed by atoms with Gasteiger partial charge in [0.05, 0.1) is 19.1 Å². The van der Waals surface area contributed by atoms with Gasteiger partial charge in [-0.25, -0.2) is 0 Å². The van der Waals surface area contributed by atoms with E-state index in [0.717, 1.165) is 44.6 Å². The van der Waals surface area contributed by atoms with Crippen molar-refractivity contribution in [3.63, 3.8) is 0 Å². The SMILES string of the molecule is COc1ccc(C2(CNC(=O)CC3(n4cccc4)CCCCC3)CCOCC2)cc1. The summed E-state index contributed by atoms with van der Waals surface area (Å²) in [6.45, 7) is 2.12. The minimum atomic E-state index is -0.0760. The Bertz CT molecular complexity index is 801. The predicted octanol–water partition coefficient (Wildman–Crippen LogP) is 4.41. The van der Waals surface area contributed by atoms with Crippen LogP contribution >= 0.6 is 0 Å². The first-order valence-electron chi connectivity index (χ1n) is 11.3. The molecular weight excluding hydrogens is 376 g/mol. The van der Waals surface area contributed by atoms with Crippen LogP contribution < -0.4 is 10.1 Å². The highest BCUT2D eigenvalue weighted by atomic mass is 16.5. The van der Waals surface area contributed by atoms with Crippen molar-refractivity contribution >= 4 is 5.91 Å². The second-order valence-corrected chi connectivity index (χ2v) is 8.95. The molecule has 1 aliphatic carbocycles. The van der Waals surface area contributed by atoms with E-state index in [1.807, 2.05) is 12.1 Å².